The number of likely N-dealkylation sites (tertiary alicyclic amines) is 1. The van der Waals surface area contributed by atoms with Crippen LogP contribution in [0.2, 0.25) is 0 Å². The van der Waals surface area contributed by atoms with E-state index >= 15 is 0 Å². The maximum absolute atomic E-state index is 12.9. The Morgan fingerprint density at radius 2 is 1.62 bits per heavy atom. The predicted molar refractivity (Wildman–Crippen MR) is 130 cm³/mol. The van der Waals surface area contributed by atoms with Crippen molar-refractivity contribution in [2.45, 2.75) is 61.7 Å². The van der Waals surface area contributed by atoms with Crippen molar-refractivity contribution in [2.75, 3.05) is 19.7 Å². The molecule has 0 spiro atoms. The lowest BCUT2D eigenvalue weighted by Crippen LogP contribution is -2.51. The number of hydrogen-bond donors (Lipinski definition) is 2. The molecule has 0 bridgehead atoms. The second-order valence-electron chi connectivity index (χ2n) is 9.32. The van der Waals surface area contributed by atoms with E-state index in [0.29, 0.717) is 18.8 Å². The van der Waals surface area contributed by atoms with E-state index in [0.717, 1.165) is 32.4 Å². The average Bonchev–Trinajstić information content (AvgIpc) is 2.86. The molecule has 2 fully saturated rings. The fraction of sp³-hybridized carbons (Fsp3) is 0.500. The Morgan fingerprint density at radius 3 is 2.26 bits per heavy atom. The van der Waals surface area contributed by atoms with E-state index in [1.54, 1.807) is 18.2 Å². The van der Waals surface area contributed by atoms with Gasteiger partial charge in [0.1, 0.15) is 0 Å². The van der Waals surface area contributed by atoms with Gasteiger partial charge in [-0.1, -0.05) is 48.5 Å². The first-order valence-corrected chi connectivity index (χ1v) is 13.6. The van der Waals surface area contributed by atoms with Gasteiger partial charge in [0.2, 0.25) is 15.9 Å². The highest BCUT2D eigenvalue weighted by Gasteiger charge is 2.35. The van der Waals surface area contributed by atoms with Crippen LogP contribution in [0.15, 0.2) is 65.6 Å². The number of ether oxygens (including phenoxy) is 1. The van der Waals surface area contributed by atoms with E-state index in [1.807, 2.05) is 11.0 Å². The van der Waals surface area contributed by atoms with E-state index in [9.17, 15) is 18.3 Å². The first-order valence-electron chi connectivity index (χ1n) is 12.1. The zero-order chi connectivity index (χ0) is 24.0. The summed E-state index contributed by atoms with van der Waals surface area (Å²) in [6.45, 7) is 1.20. The number of amides is 1. The maximum Gasteiger partial charge on any atom is 0.240 e. The van der Waals surface area contributed by atoms with Crippen molar-refractivity contribution < 1.29 is 23.1 Å². The summed E-state index contributed by atoms with van der Waals surface area (Å²) in [7, 11) is -3.70. The smallest absolute Gasteiger partial charge is 0.240 e. The molecule has 2 aliphatic rings. The number of nitrogens with zero attached hydrogens (tertiary/aromatic N) is 1. The van der Waals surface area contributed by atoms with Crippen LogP contribution in [0.3, 0.4) is 0 Å². The van der Waals surface area contributed by atoms with Crippen molar-refractivity contribution in [3.05, 3.63) is 66.2 Å². The van der Waals surface area contributed by atoms with Crippen LogP contribution in [0.4, 0.5) is 0 Å². The highest BCUT2D eigenvalue weighted by atomic mass is 32.2. The monoisotopic (exact) mass is 486 g/mol. The maximum atomic E-state index is 12.9. The zero-order valence-corrected chi connectivity index (χ0v) is 20.2. The molecule has 2 heterocycles. The minimum Gasteiger partial charge on any atom is -0.394 e. The normalized spacial score (nSPS) is 24.1. The molecule has 8 heteroatoms. The molecule has 1 amide bonds. The van der Waals surface area contributed by atoms with Gasteiger partial charge in [-0.15, -0.1) is 0 Å². The van der Waals surface area contributed by atoms with Gasteiger partial charge in [0.25, 0.3) is 0 Å². The van der Waals surface area contributed by atoms with E-state index in [2.05, 4.69) is 29.0 Å². The van der Waals surface area contributed by atoms with Gasteiger partial charge in [-0.3, -0.25) is 4.79 Å². The number of piperidine rings is 1. The molecule has 0 saturated carbocycles. The third-order valence-corrected chi connectivity index (χ3v) is 8.40. The molecule has 2 N–H and O–H groups in total. The van der Waals surface area contributed by atoms with E-state index in [1.165, 1.54) is 17.7 Å². The van der Waals surface area contributed by atoms with Crippen LogP contribution in [-0.2, 0) is 26.0 Å². The van der Waals surface area contributed by atoms with Crippen LogP contribution < -0.4 is 4.72 Å². The Balaban J connectivity index is 1.25. The Bertz CT molecular complexity index is 1020. The Hall–Kier alpha value is -2.26. The summed E-state index contributed by atoms with van der Waals surface area (Å²) in [6.07, 6.45) is 3.38. The molecule has 2 aromatic carbocycles. The summed E-state index contributed by atoms with van der Waals surface area (Å²) in [5.74, 6) is 0.665. The summed E-state index contributed by atoms with van der Waals surface area (Å²) in [5, 5.41) is 9.82. The van der Waals surface area contributed by atoms with Crippen molar-refractivity contribution >= 4 is 15.9 Å². The van der Waals surface area contributed by atoms with Crippen LogP contribution in [0, 0.1) is 5.92 Å². The molecule has 2 aromatic rings. The van der Waals surface area contributed by atoms with Crippen LogP contribution >= 0.6 is 0 Å². The van der Waals surface area contributed by atoms with Gasteiger partial charge in [0.05, 0.1) is 36.2 Å². The van der Waals surface area contributed by atoms with Gasteiger partial charge in [0, 0.05) is 13.1 Å². The van der Waals surface area contributed by atoms with Gasteiger partial charge in [-0.05, 0) is 55.7 Å². The number of rotatable bonds is 8. The largest absolute Gasteiger partial charge is 0.394 e. The quantitative estimate of drug-likeness (QED) is 0.598. The number of sulfonamides is 1. The van der Waals surface area contributed by atoms with Gasteiger partial charge < -0.3 is 14.7 Å². The zero-order valence-electron chi connectivity index (χ0n) is 19.4. The number of hydrogen-bond acceptors (Lipinski definition) is 5. The van der Waals surface area contributed by atoms with Crippen LogP contribution in [0.1, 0.15) is 37.7 Å². The fourth-order valence-electron chi connectivity index (χ4n) is 4.94. The van der Waals surface area contributed by atoms with Crippen molar-refractivity contribution in [3.63, 3.8) is 0 Å². The van der Waals surface area contributed by atoms with Gasteiger partial charge >= 0.3 is 0 Å². The average molecular weight is 487 g/mol. The van der Waals surface area contributed by atoms with Crippen molar-refractivity contribution in [1.82, 2.24) is 9.62 Å². The first kappa shape index (κ1) is 24.9. The topological polar surface area (TPSA) is 95.9 Å². The minimum absolute atomic E-state index is 0.0724. The third-order valence-electron chi connectivity index (χ3n) is 6.89. The molecule has 184 valence electrons. The number of carbonyl (C=O) groups excluding carboxylic acids is 1. The fourth-order valence-corrected chi connectivity index (χ4v) is 6.26. The Labute approximate surface area is 202 Å². The molecule has 0 aliphatic carbocycles. The van der Waals surface area contributed by atoms with Gasteiger partial charge in [0.15, 0.2) is 0 Å². The Morgan fingerprint density at radius 1 is 0.971 bits per heavy atom. The third kappa shape index (κ3) is 6.44. The lowest BCUT2D eigenvalue weighted by molar-refractivity contribution is -0.141. The lowest BCUT2D eigenvalue weighted by atomic mass is 9.90. The molecular weight excluding hydrogens is 452 g/mol. The van der Waals surface area contributed by atoms with Gasteiger partial charge in [-0.25, -0.2) is 13.1 Å². The van der Waals surface area contributed by atoms with Crippen molar-refractivity contribution in [2.24, 2.45) is 5.92 Å². The van der Waals surface area contributed by atoms with Crippen molar-refractivity contribution in [1.29, 1.82) is 0 Å². The number of aliphatic hydroxyl groups excluding tert-OH is 1. The lowest BCUT2D eigenvalue weighted by Gasteiger charge is -2.37. The molecule has 3 atom stereocenters. The molecule has 0 aromatic heterocycles. The summed E-state index contributed by atoms with van der Waals surface area (Å²) in [5.41, 5.74) is 1.34. The second kappa shape index (κ2) is 11.4. The number of benzene rings is 2. The molecule has 4 rings (SSSR count). The van der Waals surface area contributed by atoms with Crippen LogP contribution in [0.5, 0.6) is 0 Å². The summed E-state index contributed by atoms with van der Waals surface area (Å²) >= 11 is 0. The Kier molecular flexibility index (Phi) is 8.37. The SMILES string of the molecule is O=C(C[C@H]1CC[C@@H](NS(=O)(=O)c2ccccc2)[C@@H](CO)O1)N1CCC(Cc2ccccc2)CC1. The summed E-state index contributed by atoms with van der Waals surface area (Å²) < 4.78 is 34.0. The van der Waals surface area contributed by atoms with E-state index in [-0.39, 0.29) is 29.9 Å². The molecule has 7 nitrogen and oxygen atoms in total. The van der Waals surface area contributed by atoms with Crippen LogP contribution in [0.25, 0.3) is 0 Å². The molecule has 0 radical (unpaired) electrons. The van der Waals surface area contributed by atoms with Crippen LogP contribution in [-0.4, -0.2) is 62.3 Å². The minimum atomic E-state index is -3.70. The summed E-state index contributed by atoms with van der Waals surface area (Å²) in [4.78, 5) is 15.0. The highest BCUT2D eigenvalue weighted by molar-refractivity contribution is 7.89. The van der Waals surface area contributed by atoms with E-state index < -0.39 is 22.2 Å². The standard InChI is InChI=1S/C26H34N2O5S/c29-19-25-24(27-34(31,32)23-9-5-2-6-10-23)12-11-22(33-25)18-26(30)28-15-13-21(14-16-28)17-20-7-3-1-4-8-20/h1-10,21-22,24-25,27,29H,11-19H2/t22-,24-,25-/m1/s1. The molecular formula is C26H34N2O5S. The predicted octanol–water partition coefficient (Wildman–Crippen LogP) is 2.74. The number of carbonyl (C=O) groups is 1. The van der Waals surface area contributed by atoms with Gasteiger partial charge in [-0.2, -0.15) is 0 Å². The summed E-state index contributed by atoms with van der Waals surface area (Å²) in [6, 6.07) is 18.1. The number of nitrogens with one attached hydrogen (secondary N) is 1. The first-order chi connectivity index (χ1) is 16.4. The molecule has 0 unspecified atom stereocenters. The second-order valence-corrected chi connectivity index (χ2v) is 11.0. The van der Waals surface area contributed by atoms with Crippen molar-refractivity contribution in [3.8, 4) is 0 Å². The highest BCUT2D eigenvalue weighted by Crippen LogP contribution is 2.26. The van der Waals surface area contributed by atoms with E-state index in [4.69, 9.17) is 4.74 Å². The molecule has 34 heavy (non-hydrogen) atoms. The molecule has 2 aliphatic heterocycles. The molecule has 2 saturated heterocycles. The number of aliphatic hydroxyl groups is 1.